The van der Waals surface area contributed by atoms with Crippen LogP contribution in [0.4, 0.5) is 5.69 Å². The van der Waals surface area contributed by atoms with Gasteiger partial charge in [-0.3, -0.25) is 14.4 Å². The maximum atomic E-state index is 13.3. The van der Waals surface area contributed by atoms with Crippen LogP contribution in [0, 0.1) is 0 Å². The molecule has 0 spiro atoms. The van der Waals surface area contributed by atoms with Crippen molar-refractivity contribution in [2.24, 2.45) is 0 Å². The zero-order chi connectivity index (χ0) is 27.5. The number of hydrogen-bond donors (Lipinski definition) is 1. The molecular weight excluding hydrogens is 518 g/mol. The molecule has 0 saturated carbocycles. The number of aryl methyl sites for hydroxylation is 1. The van der Waals surface area contributed by atoms with Crippen molar-refractivity contribution >= 4 is 34.6 Å². The van der Waals surface area contributed by atoms with Gasteiger partial charge in [-0.05, 0) is 61.6 Å². The summed E-state index contributed by atoms with van der Waals surface area (Å²) >= 11 is 1.47. The quantitative estimate of drug-likeness (QED) is 0.444. The summed E-state index contributed by atoms with van der Waals surface area (Å²) in [5.74, 6) is 1.17. The number of piperidine rings is 1. The summed E-state index contributed by atoms with van der Waals surface area (Å²) < 4.78 is 16.2. The highest BCUT2D eigenvalue weighted by atomic mass is 32.1. The lowest BCUT2D eigenvalue weighted by molar-refractivity contribution is 0.0708. The van der Waals surface area contributed by atoms with Crippen molar-refractivity contribution in [1.29, 1.82) is 0 Å². The maximum absolute atomic E-state index is 13.3. The molecule has 9 nitrogen and oxygen atoms in total. The Morgan fingerprint density at radius 2 is 1.77 bits per heavy atom. The average molecular weight is 550 g/mol. The molecule has 1 fully saturated rings. The molecule has 39 heavy (non-hydrogen) atoms. The van der Waals surface area contributed by atoms with Crippen LogP contribution < -0.4 is 19.5 Å². The number of anilines is 1. The Hall–Kier alpha value is -3.92. The molecule has 2 aromatic carbocycles. The van der Waals surface area contributed by atoms with E-state index in [2.05, 4.69) is 10.3 Å². The highest BCUT2D eigenvalue weighted by Gasteiger charge is 2.30. The number of rotatable bonds is 7. The van der Waals surface area contributed by atoms with E-state index in [0.29, 0.717) is 53.7 Å². The van der Waals surface area contributed by atoms with E-state index in [1.54, 1.807) is 29.6 Å². The van der Waals surface area contributed by atoms with Gasteiger partial charge in [-0.2, -0.15) is 0 Å². The van der Waals surface area contributed by atoms with E-state index < -0.39 is 0 Å². The number of aromatic nitrogens is 1. The molecule has 2 heterocycles. The summed E-state index contributed by atoms with van der Waals surface area (Å²) in [5.41, 5.74) is 3.20. The fraction of sp³-hybridized carbons (Fsp3) is 0.379. The highest BCUT2D eigenvalue weighted by Crippen LogP contribution is 2.41. The van der Waals surface area contributed by atoms with Gasteiger partial charge in [0.1, 0.15) is 5.69 Å². The zero-order valence-corrected chi connectivity index (χ0v) is 23.1. The van der Waals surface area contributed by atoms with Gasteiger partial charge in [-0.25, -0.2) is 4.98 Å². The number of nitrogens with zero attached hydrogens (tertiary/aromatic N) is 2. The number of amides is 2. The predicted octanol–water partition coefficient (Wildman–Crippen LogP) is 4.96. The minimum absolute atomic E-state index is 0.128. The van der Waals surface area contributed by atoms with Crippen LogP contribution in [0.3, 0.4) is 0 Å². The molecule has 10 heteroatoms. The number of thiazole rings is 1. The van der Waals surface area contributed by atoms with Crippen LogP contribution in [0.5, 0.6) is 17.2 Å². The first-order valence-corrected chi connectivity index (χ1v) is 13.8. The molecule has 1 aliphatic carbocycles. The van der Waals surface area contributed by atoms with Crippen molar-refractivity contribution in [2.75, 3.05) is 39.7 Å². The molecule has 3 aromatic rings. The van der Waals surface area contributed by atoms with Crippen LogP contribution in [-0.2, 0) is 6.42 Å². The lowest BCUT2D eigenvalue weighted by Crippen LogP contribution is -2.38. The largest absolute Gasteiger partial charge is 0.493 e. The third kappa shape index (κ3) is 5.34. The van der Waals surface area contributed by atoms with Gasteiger partial charge in [0, 0.05) is 42.1 Å². The van der Waals surface area contributed by atoms with Crippen LogP contribution in [0.15, 0.2) is 35.7 Å². The summed E-state index contributed by atoms with van der Waals surface area (Å²) in [5, 5.41) is 5.59. The number of nitrogens with one attached hydrogen (secondary N) is 1. The van der Waals surface area contributed by atoms with Crippen LogP contribution in [0.25, 0.3) is 0 Å². The molecule has 1 aromatic heterocycles. The smallest absolute Gasteiger partial charge is 0.275 e. The predicted molar refractivity (Wildman–Crippen MR) is 148 cm³/mol. The molecule has 0 radical (unpaired) electrons. The van der Waals surface area contributed by atoms with E-state index in [-0.39, 0.29) is 23.5 Å². The molecule has 0 unspecified atom stereocenters. The third-order valence-electron chi connectivity index (χ3n) is 7.33. The van der Waals surface area contributed by atoms with E-state index in [4.69, 9.17) is 14.2 Å². The van der Waals surface area contributed by atoms with Gasteiger partial charge in [0.2, 0.25) is 5.75 Å². The molecule has 204 valence electrons. The van der Waals surface area contributed by atoms with Crippen LogP contribution >= 0.6 is 11.3 Å². The second-order valence-electron chi connectivity index (χ2n) is 9.62. The summed E-state index contributed by atoms with van der Waals surface area (Å²) in [6.07, 6.45) is 3.75. The molecule has 1 N–H and O–H groups in total. The third-order valence-corrected chi connectivity index (χ3v) is 8.34. The lowest BCUT2D eigenvalue weighted by Gasteiger charge is -2.31. The van der Waals surface area contributed by atoms with Gasteiger partial charge in [-0.15, -0.1) is 11.3 Å². The van der Waals surface area contributed by atoms with Crippen LogP contribution in [-0.4, -0.2) is 61.9 Å². The van der Waals surface area contributed by atoms with Gasteiger partial charge < -0.3 is 24.4 Å². The van der Waals surface area contributed by atoms with Crippen molar-refractivity contribution in [3.05, 3.63) is 63.1 Å². The molecule has 5 rings (SSSR count). The van der Waals surface area contributed by atoms with Crippen molar-refractivity contribution in [3.8, 4) is 17.2 Å². The van der Waals surface area contributed by atoms with Crippen LogP contribution in [0.1, 0.15) is 73.4 Å². The number of carbonyl (C=O) groups excluding carboxylic acids is 3. The molecule has 0 bridgehead atoms. The molecule has 1 saturated heterocycles. The second kappa shape index (κ2) is 11.4. The zero-order valence-electron chi connectivity index (χ0n) is 22.2. The van der Waals surface area contributed by atoms with Crippen LogP contribution in [0.2, 0.25) is 0 Å². The number of ether oxygens (including phenoxy) is 3. The Morgan fingerprint density at radius 1 is 1.00 bits per heavy atom. The molecule has 0 atom stereocenters. The van der Waals surface area contributed by atoms with E-state index >= 15 is 0 Å². The molecule has 1 aliphatic heterocycles. The van der Waals surface area contributed by atoms with Crippen molar-refractivity contribution < 1.29 is 28.6 Å². The summed E-state index contributed by atoms with van der Waals surface area (Å²) in [4.78, 5) is 44.7. The number of hydrogen-bond acceptors (Lipinski definition) is 8. The van der Waals surface area contributed by atoms with Crippen molar-refractivity contribution in [1.82, 2.24) is 9.88 Å². The molecule has 2 amide bonds. The lowest BCUT2D eigenvalue weighted by atomic mass is 9.90. The summed E-state index contributed by atoms with van der Waals surface area (Å²) in [7, 11) is 4.55. The Bertz CT molecular complexity index is 1410. The molecule has 2 aliphatic rings. The Kier molecular flexibility index (Phi) is 7.83. The van der Waals surface area contributed by atoms with Gasteiger partial charge in [0.25, 0.3) is 11.8 Å². The fourth-order valence-corrected chi connectivity index (χ4v) is 6.24. The number of fused-ring (bicyclic) bond motifs is 1. The van der Waals surface area contributed by atoms with Gasteiger partial charge in [0.15, 0.2) is 17.3 Å². The first kappa shape index (κ1) is 26.7. The van der Waals surface area contributed by atoms with E-state index in [9.17, 15) is 14.4 Å². The highest BCUT2D eigenvalue weighted by molar-refractivity contribution is 7.10. The van der Waals surface area contributed by atoms with E-state index in [1.165, 1.54) is 32.7 Å². The Balaban J connectivity index is 1.21. The van der Waals surface area contributed by atoms with Gasteiger partial charge >= 0.3 is 0 Å². The first-order chi connectivity index (χ1) is 18.9. The van der Waals surface area contributed by atoms with E-state index in [0.717, 1.165) is 41.8 Å². The molecular formula is C29H31N3O6S. The number of likely N-dealkylation sites (tertiary alicyclic amines) is 1. The maximum Gasteiger partial charge on any atom is 0.275 e. The monoisotopic (exact) mass is 549 g/mol. The Morgan fingerprint density at radius 3 is 2.49 bits per heavy atom. The minimum atomic E-state index is -0.271. The second-order valence-corrected chi connectivity index (χ2v) is 10.5. The average Bonchev–Trinajstić information content (AvgIpc) is 3.47. The first-order valence-electron chi connectivity index (χ1n) is 12.9. The normalized spacial score (nSPS) is 15.5. The van der Waals surface area contributed by atoms with Gasteiger partial charge in [0.05, 0.1) is 31.9 Å². The minimum Gasteiger partial charge on any atom is -0.493 e. The number of carbonyl (C=O) groups is 3. The van der Waals surface area contributed by atoms with E-state index in [1.807, 2.05) is 11.0 Å². The Labute approximate surface area is 231 Å². The summed E-state index contributed by atoms with van der Waals surface area (Å²) in [6, 6.07) is 8.85. The fourth-order valence-electron chi connectivity index (χ4n) is 5.27. The number of Topliss-reactive ketones (excluding diaryl/α,β-unsaturated/α-hetero) is 1. The topological polar surface area (TPSA) is 107 Å². The SMILES string of the molecule is COc1ccc(C(=O)N2CCC(c3nc(C(=O)Nc4ccc5c(c4)CCCC5=O)cs3)CC2)c(OC)c1OC. The van der Waals surface area contributed by atoms with Crippen molar-refractivity contribution in [2.45, 2.75) is 38.0 Å². The number of benzene rings is 2. The number of ketones is 1. The van der Waals surface area contributed by atoms with Crippen molar-refractivity contribution in [3.63, 3.8) is 0 Å². The standard InChI is InChI=1S/C29H31N3O6S/c1-36-24-10-9-21(25(37-2)26(24)38-3)29(35)32-13-11-17(12-14-32)28-31-22(16-39-28)27(34)30-19-7-8-20-18(15-19)5-4-6-23(20)33/h7-10,15-17H,4-6,11-14H2,1-3H3,(H,30,34). The summed E-state index contributed by atoms with van der Waals surface area (Å²) in [6.45, 7) is 1.13. The van der Waals surface area contributed by atoms with Gasteiger partial charge in [-0.1, -0.05) is 0 Å². The number of methoxy groups -OCH3 is 3.